The molecular formula is C21H20BrNO3. The van der Waals surface area contributed by atoms with Crippen molar-refractivity contribution < 1.29 is 14.3 Å². The van der Waals surface area contributed by atoms with Gasteiger partial charge in [-0.25, -0.2) is 0 Å². The predicted octanol–water partition coefficient (Wildman–Crippen LogP) is 5.65. The van der Waals surface area contributed by atoms with Gasteiger partial charge in [-0.05, 0) is 64.8 Å². The first-order valence-electron chi connectivity index (χ1n) is 8.51. The van der Waals surface area contributed by atoms with Crippen LogP contribution in [0.25, 0.3) is 10.8 Å². The highest BCUT2D eigenvalue weighted by atomic mass is 79.9. The lowest BCUT2D eigenvalue weighted by Gasteiger charge is -2.14. The first-order valence-corrected chi connectivity index (χ1v) is 9.31. The Morgan fingerprint density at radius 3 is 2.42 bits per heavy atom. The molecule has 0 saturated heterocycles. The summed E-state index contributed by atoms with van der Waals surface area (Å²) in [7, 11) is 0. The number of ether oxygens (including phenoxy) is 2. The molecule has 0 bridgehead atoms. The number of amides is 1. The van der Waals surface area contributed by atoms with Crippen molar-refractivity contribution in [2.75, 3.05) is 18.5 Å². The summed E-state index contributed by atoms with van der Waals surface area (Å²) in [6, 6.07) is 17.3. The minimum absolute atomic E-state index is 0.204. The molecule has 0 aliphatic rings. The molecule has 3 rings (SSSR count). The van der Waals surface area contributed by atoms with Gasteiger partial charge >= 0.3 is 0 Å². The average molecular weight is 414 g/mol. The van der Waals surface area contributed by atoms with Gasteiger partial charge in [-0.1, -0.05) is 30.3 Å². The Morgan fingerprint density at radius 1 is 0.962 bits per heavy atom. The summed E-state index contributed by atoms with van der Waals surface area (Å²) in [5, 5.41) is 5.15. The lowest BCUT2D eigenvalue weighted by Crippen LogP contribution is -2.12. The number of carbonyl (C=O) groups is 1. The van der Waals surface area contributed by atoms with E-state index in [4.69, 9.17) is 9.47 Å². The minimum Gasteiger partial charge on any atom is -0.490 e. The Balaban J connectivity index is 1.88. The van der Waals surface area contributed by atoms with Gasteiger partial charge in [-0.3, -0.25) is 4.79 Å². The molecule has 1 amide bonds. The third-order valence-electron chi connectivity index (χ3n) is 3.87. The molecule has 5 heteroatoms. The summed E-state index contributed by atoms with van der Waals surface area (Å²) in [6.07, 6.45) is 0. The smallest absolute Gasteiger partial charge is 0.255 e. The SMILES string of the molecule is CCOc1cc(C(=O)Nc2ccc3ccccc3c2)cc(Br)c1OCC. The van der Waals surface area contributed by atoms with Crippen LogP contribution in [0, 0.1) is 0 Å². The molecule has 0 unspecified atom stereocenters. The van der Waals surface area contributed by atoms with Gasteiger partial charge in [0.1, 0.15) is 0 Å². The molecule has 1 N–H and O–H groups in total. The van der Waals surface area contributed by atoms with E-state index in [1.54, 1.807) is 12.1 Å². The highest BCUT2D eigenvalue weighted by Gasteiger charge is 2.16. The summed E-state index contributed by atoms with van der Waals surface area (Å²) in [4.78, 5) is 12.7. The molecular weight excluding hydrogens is 394 g/mol. The molecule has 0 saturated carbocycles. The zero-order valence-corrected chi connectivity index (χ0v) is 16.3. The van der Waals surface area contributed by atoms with Gasteiger partial charge in [0.2, 0.25) is 0 Å². The topological polar surface area (TPSA) is 47.6 Å². The van der Waals surface area contributed by atoms with Crippen LogP contribution in [0.15, 0.2) is 59.1 Å². The second-order valence-corrected chi connectivity index (χ2v) is 6.52. The van der Waals surface area contributed by atoms with Gasteiger partial charge in [0.25, 0.3) is 5.91 Å². The normalized spacial score (nSPS) is 10.6. The molecule has 3 aromatic rings. The van der Waals surface area contributed by atoms with Crippen molar-refractivity contribution in [3.05, 3.63) is 64.6 Å². The fraction of sp³-hybridized carbons (Fsp3) is 0.190. The molecule has 0 spiro atoms. The number of carbonyl (C=O) groups excluding carboxylic acids is 1. The average Bonchev–Trinajstić information content (AvgIpc) is 2.64. The summed E-state index contributed by atoms with van der Waals surface area (Å²) in [5.41, 5.74) is 1.24. The summed E-state index contributed by atoms with van der Waals surface area (Å²) < 4.78 is 11.9. The molecule has 0 radical (unpaired) electrons. The second kappa shape index (κ2) is 8.23. The van der Waals surface area contributed by atoms with Crippen molar-refractivity contribution in [3.63, 3.8) is 0 Å². The van der Waals surface area contributed by atoms with Crippen LogP contribution in [0.3, 0.4) is 0 Å². The van der Waals surface area contributed by atoms with Crippen molar-refractivity contribution in [1.29, 1.82) is 0 Å². The summed E-state index contributed by atoms with van der Waals surface area (Å²) >= 11 is 3.47. The van der Waals surface area contributed by atoms with Gasteiger partial charge in [-0.15, -0.1) is 0 Å². The zero-order valence-electron chi connectivity index (χ0n) is 14.7. The van der Waals surface area contributed by atoms with Gasteiger partial charge in [0.15, 0.2) is 11.5 Å². The fourth-order valence-corrected chi connectivity index (χ4v) is 3.27. The maximum absolute atomic E-state index is 12.7. The Kier molecular flexibility index (Phi) is 5.78. The summed E-state index contributed by atoms with van der Waals surface area (Å²) in [6.45, 7) is 4.80. The van der Waals surface area contributed by atoms with Gasteiger partial charge in [-0.2, -0.15) is 0 Å². The van der Waals surface area contributed by atoms with E-state index in [0.717, 1.165) is 16.5 Å². The van der Waals surface area contributed by atoms with Gasteiger partial charge in [0, 0.05) is 11.3 Å². The van der Waals surface area contributed by atoms with Gasteiger partial charge in [0.05, 0.1) is 17.7 Å². The minimum atomic E-state index is -0.204. The fourth-order valence-electron chi connectivity index (χ4n) is 2.72. The molecule has 26 heavy (non-hydrogen) atoms. The van der Waals surface area contributed by atoms with Crippen LogP contribution in [0.2, 0.25) is 0 Å². The third kappa shape index (κ3) is 3.99. The van der Waals surface area contributed by atoms with E-state index < -0.39 is 0 Å². The number of hydrogen-bond donors (Lipinski definition) is 1. The predicted molar refractivity (Wildman–Crippen MR) is 108 cm³/mol. The van der Waals surface area contributed by atoms with Crippen LogP contribution in [0.5, 0.6) is 11.5 Å². The third-order valence-corrected chi connectivity index (χ3v) is 4.46. The van der Waals surface area contributed by atoms with Crippen molar-refractivity contribution in [3.8, 4) is 11.5 Å². The summed E-state index contributed by atoms with van der Waals surface area (Å²) in [5.74, 6) is 0.953. The second-order valence-electron chi connectivity index (χ2n) is 5.67. The van der Waals surface area contributed by atoms with Crippen molar-refractivity contribution in [2.24, 2.45) is 0 Å². The molecule has 0 aliphatic heterocycles. The van der Waals surface area contributed by atoms with Crippen LogP contribution in [0.1, 0.15) is 24.2 Å². The first kappa shape index (κ1) is 18.3. The van der Waals surface area contributed by atoms with E-state index in [-0.39, 0.29) is 5.91 Å². The van der Waals surface area contributed by atoms with Crippen molar-refractivity contribution in [2.45, 2.75) is 13.8 Å². The van der Waals surface area contributed by atoms with Crippen LogP contribution >= 0.6 is 15.9 Å². The number of nitrogens with one attached hydrogen (secondary N) is 1. The van der Waals surface area contributed by atoms with Crippen LogP contribution in [0.4, 0.5) is 5.69 Å². The van der Waals surface area contributed by atoms with Crippen molar-refractivity contribution >= 4 is 38.3 Å². The lowest BCUT2D eigenvalue weighted by atomic mass is 10.1. The Hall–Kier alpha value is -2.53. The lowest BCUT2D eigenvalue weighted by molar-refractivity contribution is 0.102. The van der Waals surface area contributed by atoms with Crippen molar-refractivity contribution in [1.82, 2.24) is 0 Å². The Bertz CT molecular complexity index is 940. The van der Waals surface area contributed by atoms with Crippen LogP contribution in [-0.4, -0.2) is 19.1 Å². The maximum atomic E-state index is 12.7. The Morgan fingerprint density at radius 2 is 1.69 bits per heavy atom. The molecule has 0 aliphatic carbocycles. The van der Waals surface area contributed by atoms with Crippen LogP contribution < -0.4 is 14.8 Å². The zero-order chi connectivity index (χ0) is 18.5. The number of anilines is 1. The highest BCUT2D eigenvalue weighted by Crippen LogP contribution is 2.37. The largest absolute Gasteiger partial charge is 0.490 e. The van der Waals surface area contributed by atoms with E-state index in [2.05, 4.69) is 21.2 Å². The Labute approximate surface area is 161 Å². The molecule has 3 aromatic carbocycles. The molecule has 0 fully saturated rings. The maximum Gasteiger partial charge on any atom is 0.255 e. The van der Waals surface area contributed by atoms with E-state index in [1.807, 2.05) is 56.3 Å². The molecule has 0 heterocycles. The number of fused-ring (bicyclic) bond motifs is 1. The number of halogens is 1. The quantitative estimate of drug-likeness (QED) is 0.567. The molecule has 4 nitrogen and oxygen atoms in total. The highest BCUT2D eigenvalue weighted by molar-refractivity contribution is 9.10. The van der Waals surface area contributed by atoms with E-state index in [0.29, 0.717) is 34.7 Å². The number of benzene rings is 3. The van der Waals surface area contributed by atoms with Crippen LogP contribution in [-0.2, 0) is 0 Å². The monoisotopic (exact) mass is 413 g/mol. The van der Waals surface area contributed by atoms with E-state index >= 15 is 0 Å². The van der Waals surface area contributed by atoms with E-state index in [1.165, 1.54) is 0 Å². The van der Waals surface area contributed by atoms with E-state index in [9.17, 15) is 4.79 Å². The molecule has 0 atom stereocenters. The number of rotatable bonds is 6. The number of hydrogen-bond acceptors (Lipinski definition) is 3. The van der Waals surface area contributed by atoms with Gasteiger partial charge < -0.3 is 14.8 Å². The first-order chi connectivity index (χ1) is 12.6. The standard InChI is InChI=1S/C21H20BrNO3/c1-3-25-19-13-16(12-18(22)20(19)26-4-2)21(24)23-17-10-9-14-7-5-6-8-15(14)11-17/h5-13H,3-4H2,1-2H3,(H,23,24). The molecule has 0 aromatic heterocycles. The molecule has 134 valence electrons.